The van der Waals surface area contributed by atoms with E-state index < -0.39 is 35.5 Å². The van der Waals surface area contributed by atoms with Crippen LogP contribution in [-0.4, -0.2) is 31.1 Å². The lowest BCUT2D eigenvalue weighted by Gasteiger charge is -2.20. The Bertz CT molecular complexity index is 971. The highest BCUT2D eigenvalue weighted by Gasteiger charge is 2.33. The maximum Gasteiger partial charge on any atom is 0.573 e. The Balaban J connectivity index is 2.21. The molecule has 0 saturated heterocycles. The van der Waals surface area contributed by atoms with Crippen LogP contribution in [0.2, 0.25) is 0 Å². The summed E-state index contributed by atoms with van der Waals surface area (Å²) in [5.74, 6) is -2.72. The Kier molecular flexibility index (Phi) is 6.98. The molecule has 2 aromatic carbocycles. The Hall–Kier alpha value is -3.50. The summed E-state index contributed by atoms with van der Waals surface area (Å²) in [6, 6.07) is 6.47. The molecular formula is C20H20F4N2O5. The number of hydrogen-bond acceptors (Lipinski definition) is 5. The van der Waals surface area contributed by atoms with Gasteiger partial charge in [0.1, 0.15) is 11.4 Å². The molecule has 0 radical (unpaired) electrons. The third-order valence-electron chi connectivity index (χ3n) is 3.51. The molecule has 0 spiro atoms. The Morgan fingerprint density at radius 3 is 2.19 bits per heavy atom. The number of alkyl halides is 3. The van der Waals surface area contributed by atoms with Gasteiger partial charge in [-0.15, -0.1) is 13.2 Å². The van der Waals surface area contributed by atoms with Crippen molar-refractivity contribution in [3.8, 4) is 11.5 Å². The molecule has 0 bridgehead atoms. The van der Waals surface area contributed by atoms with Crippen molar-refractivity contribution in [2.24, 2.45) is 0 Å². The zero-order chi connectivity index (χ0) is 23.4. The number of amides is 2. The van der Waals surface area contributed by atoms with Gasteiger partial charge in [-0.25, -0.2) is 9.18 Å². The predicted octanol–water partition coefficient (Wildman–Crippen LogP) is 5.33. The van der Waals surface area contributed by atoms with Crippen molar-refractivity contribution < 1.29 is 41.4 Å². The summed E-state index contributed by atoms with van der Waals surface area (Å²) in [5.41, 5.74) is -1.19. The molecule has 0 unspecified atom stereocenters. The maximum absolute atomic E-state index is 14.1. The van der Waals surface area contributed by atoms with Gasteiger partial charge in [0.2, 0.25) is 0 Å². The summed E-state index contributed by atoms with van der Waals surface area (Å²) >= 11 is 0. The van der Waals surface area contributed by atoms with Gasteiger partial charge in [0.05, 0.1) is 12.8 Å². The summed E-state index contributed by atoms with van der Waals surface area (Å²) in [6.45, 7) is 4.98. The van der Waals surface area contributed by atoms with E-state index in [2.05, 4.69) is 15.4 Å². The Labute approximate surface area is 175 Å². The van der Waals surface area contributed by atoms with Crippen molar-refractivity contribution >= 4 is 23.4 Å². The first-order valence-corrected chi connectivity index (χ1v) is 8.82. The van der Waals surface area contributed by atoms with E-state index in [1.165, 1.54) is 12.1 Å². The minimum absolute atomic E-state index is 0.127. The monoisotopic (exact) mass is 444 g/mol. The fourth-order valence-electron chi connectivity index (χ4n) is 2.34. The highest BCUT2D eigenvalue weighted by Crippen LogP contribution is 2.33. The molecule has 0 aromatic heterocycles. The molecule has 2 rings (SSSR count). The molecule has 0 aliphatic heterocycles. The number of benzene rings is 2. The van der Waals surface area contributed by atoms with Gasteiger partial charge in [0.15, 0.2) is 11.5 Å². The van der Waals surface area contributed by atoms with Gasteiger partial charge in [-0.1, -0.05) is 0 Å². The molecule has 0 aliphatic carbocycles. The Morgan fingerprint density at radius 2 is 1.61 bits per heavy atom. The van der Waals surface area contributed by atoms with Gasteiger partial charge in [-0.2, -0.15) is 0 Å². The van der Waals surface area contributed by atoms with Crippen LogP contribution >= 0.6 is 0 Å². The molecule has 0 atom stereocenters. The zero-order valence-electron chi connectivity index (χ0n) is 17.0. The van der Waals surface area contributed by atoms with Crippen LogP contribution in [0.25, 0.3) is 0 Å². The smallest absolute Gasteiger partial charge is 0.493 e. The number of halogens is 4. The third-order valence-corrected chi connectivity index (χ3v) is 3.51. The SMILES string of the molecule is COc1ccc(C(=O)Nc2cc(NC(=O)OC(C)(C)C)ccc2F)cc1OC(F)(F)F. The molecular weight excluding hydrogens is 424 g/mol. The summed E-state index contributed by atoms with van der Waals surface area (Å²) in [5, 5.41) is 4.62. The highest BCUT2D eigenvalue weighted by molar-refractivity contribution is 6.05. The van der Waals surface area contributed by atoms with Crippen molar-refractivity contribution in [3.05, 3.63) is 47.8 Å². The molecule has 168 valence electrons. The molecule has 11 heteroatoms. The molecule has 0 fully saturated rings. The quantitative estimate of drug-likeness (QED) is 0.609. The second kappa shape index (κ2) is 9.11. The van der Waals surface area contributed by atoms with Crippen LogP contribution in [0.3, 0.4) is 0 Å². The number of carbonyl (C=O) groups is 2. The lowest BCUT2D eigenvalue weighted by atomic mass is 10.1. The van der Waals surface area contributed by atoms with E-state index in [1.807, 2.05) is 0 Å². The van der Waals surface area contributed by atoms with Gasteiger partial charge in [-0.3, -0.25) is 10.1 Å². The fraction of sp³-hybridized carbons (Fsp3) is 0.300. The van der Waals surface area contributed by atoms with Crippen molar-refractivity contribution in [2.45, 2.75) is 32.7 Å². The van der Waals surface area contributed by atoms with Gasteiger partial charge < -0.3 is 19.5 Å². The van der Waals surface area contributed by atoms with E-state index >= 15 is 0 Å². The van der Waals surface area contributed by atoms with E-state index in [0.29, 0.717) is 0 Å². The lowest BCUT2D eigenvalue weighted by Crippen LogP contribution is -2.27. The van der Waals surface area contributed by atoms with E-state index in [9.17, 15) is 27.2 Å². The molecule has 0 heterocycles. The summed E-state index contributed by atoms with van der Waals surface area (Å²) < 4.78 is 65.6. The normalized spacial score (nSPS) is 11.5. The summed E-state index contributed by atoms with van der Waals surface area (Å²) in [4.78, 5) is 24.3. The average molecular weight is 444 g/mol. The largest absolute Gasteiger partial charge is 0.573 e. The van der Waals surface area contributed by atoms with Crippen molar-refractivity contribution in [3.63, 3.8) is 0 Å². The van der Waals surface area contributed by atoms with Crippen LogP contribution < -0.4 is 20.1 Å². The summed E-state index contributed by atoms with van der Waals surface area (Å²) in [6.07, 6.45) is -5.80. The van der Waals surface area contributed by atoms with Crippen LogP contribution in [0.5, 0.6) is 11.5 Å². The third kappa shape index (κ3) is 7.36. The van der Waals surface area contributed by atoms with Crippen molar-refractivity contribution in [2.75, 3.05) is 17.7 Å². The second-order valence-corrected chi connectivity index (χ2v) is 7.19. The maximum atomic E-state index is 14.1. The molecule has 2 N–H and O–H groups in total. The van der Waals surface area contributed by atoms with E-state index in [0.717, 1.165) is 31.4 Å². The van der Waals surface area contributed by atoms with Crippen LogP contribution in [-0.2, 0) is 4.74 Å². The minimum Gasteiger partial charge on any atom is -0.493 e. The molecule has 7 nitrogen and oxygen atoms in total. The van der Waals surface area contributed by atoms with Crippen LogP contribution in [0.1, 0.15) is 31.1 Å². The topological polar surface area (TPSA) is 85.9 Å². The van der Waals surface area contributed by atoms with E-state index in [4.69, 9.17) is 9.47 Å². The molecule has 0 saturated carbocycles. The molecule has 0 aliphatic rings. The van der Waals surface area contributed by atoms with Gasteiger partial charge in [-0.05, 0) is 57.2 Å². The second-order valence-electron chi connectivity index (χ2n) is 7.19. The molecule has 2 amide bonds. The highest BCUT2D eigenvalue weighted by atomic mass is 19.4. The van der Waals surface area contributed by atoms with E-state index in [1.54, 1.807) is 20.8 Å². The van der Waals surface area contributed by atoms with Crippen LogP contribution in [0.4, 0.5) is 33.7 Å². The first-order valence-electron chi connectivity index (χ1n) is 8.82. The zero-order valence-corrected chi connectivity index (χ0v) is 17.0. The molecule has 2 aromatic rings. The molecule has 31 heavy (non-hydrogen) atoms. The fourth-order valence-corrected chi connectivity index (χ4v) is 2.34. The number of ether oxygens (including phenoxy) is 3. The minimum atomic E-state index is -5.00. The average Bonchev–Trinajstić information content (AvgIpc) is 2.61. The van der Waals surface area contributed by atoms with Gasteiger partial charge in [0.25, 0.3) is 5.91 Å². The number of anilines is 2. The standard InChI is InChI=1S/C20H20F4N2O5/c1-19(2,3)31-18(28)25-12-6-7-13(21)14(10-12)26-17(27)11-5-8-15(29-4)16(9-11)30-20(22,23)24/h5-10H,1-4H3,(H,25,28)(H,26,27). The van der Waals surface area contributed by atoms with Crippen molar-refractivity contribution in [1.29, 1.82) is 0 Å². The van der Waals surface area contributed by atoms with Gasteiger partial charge >= 0.3 is 12.5 Å². The van der Waals surface area contributed by atoms with Gasteiger partial charge in [0, 0.05) is 11.3 Å². The number of methoxy groups -OCH3 is 1. The van der Waals surface area contributed by atoms with Crippen LogP contribution in [0.15, 0.2) is 36.4 Å². The van der Waals surface area contributed by atoms with Crippen molar-refractivity contribution in [1.82, 2.24) is 0 Å². The number of carbonyl (C=O) groups excluding carboxylic acids is 2. The summed E-state index contributed by atoms with van der Waals surface area (Å²) in [7, 11) is 1.14. The van der Waals surface area contributed by atoms with E-state index in [-0.39, 0.29) is 22.7 Å². The number of nitrogens with one attached hydrogen (secondary N) is 2. The lowest BCUT2D eigenvalue weighted by molar-refractivity contribution is -0.275. The number of hydrogen-bond donors (Lipinski definition) is 2. The van der Waals surface area contributed by atoms with Crippen LogP contribution in [0, 0.1) is 5.82 Å². The Morgan fingerprint density at radius 1 is 0.935 bits per heavy atom. The first kappa shape index (κ1) is 23.8. The predicted molar refractivity (Wildman–Crippen MR) is 104 cm³/mol. The first-order chi connectivity index (χ1) is 14.3. The number of rotatable bonds is 5.